The molecule has 3 nitrogen and oxygen atoms in total. The minimum atomic E-state index is 0.658. The average molecular weight is 290 g/mol. The number of anilines is 1. The summed E-state index contributed by atoms with van der Waals surface area (Å²) in [4.78, 5) is 10.7. The van der Waals surface area contributed by atoms with Gasteiger partial charge in [0.25, 0.3) is 0 Å². The Morgan fingerprint density at radius 3 is 2.89 bits per heavy atom. The van der Waals surface area contributed by atoms with Gasteiger partial charge < -0.3 is 4.90 Å². The first kappa shape index (κ1) is 12.4. The van der Waals surface area contributed by atoms with Crippen molar-refractivity contribution in [1.29, 1.82) is 0 Å². The fourth-order valence-corrected chi connectivity index (χ4v) is 3.24. The molecule has 0 amide bonds. The summed E-state index contributed by atoms with van der Waals surface area (Å²) in [6, 6.07) is 10.1. The Balaban J connectivity index is 1.86. The summed E-state index contributed by atoms with van der Waals surface area (Å²) in [5.41, 5.74) is 2.02. The summed E-state index contributed by atoms with van der Waals surface area (Å²) in [6.07, 6.45) is 3.40. The molecular weight excluding hydrogens is 278 g/mol. The standard InChI is InChI=1S/C14H12ClN3S/c1-18(12-6-7-16-8-10(12)15)9-14-17-11-4-2-3-5-13(11)19-14/h2-8H,9H2,1H3. The van der Waals surface area contributed by atoms with Crippen LogP contribution in [0.25, 0.3) is 10.2 Å². The molecule has 2 aromatic heterocycles. The van der Waals surface area contributed by atoms with Crippen LogP contribution in [-0.2, 0) is 6.54 Å². The van der Waals surface area contributed by atoms with Crippen LogP contribution in [0.1, 0.15) is 5.01 Å². The predicted octanol–water partition coefficient (Wildman–Crippen LogP) is 3.98. The van der Waals surface area contributed by atoms with Crippen LogP contribution in [-0.4, -0.2) is 17.0 Å². The van der Waals surface area contributed by atoms with Crippen molar-refractivity contribution in [3.8, 4) is 0 Å². The zero-order chi connectivity index (χ0) is 13.2. The lowest BCUT2D eigenvalue weighted by Gasteiger charge is -2.18. The van der Waals surface area contributed by atoms with E-state index in [-0.39, 0.29) is 0 Å². The quantitative estimate of drug-likeness (QED) is 0.730. The molecule has 0 aliphatic rings. The molecule has 2 heterocycles. The monoisotopic (exact) mass is 289 g/mol. The molecule has 0 aliphatic heterocycles. The molecule has 5 heteroatoms. The molecule has 0 saturated carbocycles. The lowest BCUT2D eigenvalue weighted by molar-refractivity contribution is 0.912. The van der Waals surface area contributed by atoms with Gasteiger partial charge in [-0.2, -0.15) is 0 Å². The number of thiazole rings is 1. The van der Waals surface area contributed by atoms with E-state index in [4.69, 9.17) is 11.6 Å². The third kappa shape index (κ3) is 2.55. The van der Waals surface area contributed by atoms with Crippen molar-refractivity contribution in [3.63, 3.8) is 0 Å². The highest BCUT2D eigenvalue weighted by Gasteiger charge is 2.09. The van der Waals surface area contributed by atoms with Gasteiger partial charge in [0, 0.05) is 19.4 Å². The number of para-hydroxylation sites is 1. The van der Waals surface area contributed by atoms with Gasteiger partial charge in [0.05, 0.1) is 27.5 Å². The van der Waals surface area contributed by atoms with Crippen LogP contribution < -0.4 is 4.90 Å². The van der Waals surface area contributed by atoms with Gasteiger partial charge in [0.15, 0.2) is 0 Å². The van der Waals surface area contributed by atoms with E-state index in [2.05, 4.69) is 20.9 Å². The van der Waals surface area contributed by atoms with Crippen LogP contribution in [0, 0.1) is 0 Å². The van der Waals surface area contributed by atoms with Crippen molar-refractivity contribution in [1.82, 2.24) is 9.97 Å². The van der Waals surface area contributed by atoms with Crippen molar-refractivity contribution >= 4 is 38.8 Å². The molecule has 3 rings (SSSR count). The Labute approximate surface area is 120 Å². The normalized spacial score (nSPS) is 10.8. The van der Waals surface area contributed by atoms with Gasteiger partial charge in [0.2, 0.25) is 0 Å². The first-order chi connectivity index (χ1) is 9.24. The Bertz CT molecular complexity index is 677. The van der Waals surface area contributed by atoms with E-state index < -0.39 is 0 Å². The predicted molar refractivity (Wildman–Crippen MR) is 81.0 cm³/mol. The van der Waals surface area contributed by atoms with Crippen molar-refractivity contribution in [2.24, 2.45) is 0 Å². The maximum atomic E-state index is 6.14. The van der Waals surface area contributed by atoms with Crippen LogP contribution in [0.4, 0.5) is 5.69 Å². The molecule has 0 unspecified atom stereocenters. The van der Waals surface area contributed by atoms with Gasteiger partial charge in [0.1, 0.15) is 5.01 Å². The Kier molecular flexibility index (Phi) is 3.36. The molecule has 96 valence electrons. The lowest BCUT2D eigenvalue weighted by atomic mass is 10.3. The topological polar surface area (TPSA) is 29.0 Å². The fourth-order valence-electron chi connectivity index (χ4n) is 1.95. The number of pyridine rings is 1. The minimum absolute atomic E-state index is 0.658. The lowest BCUT2D eigenvalue weighted by Crippen LogP contribution is -2.16. The van der Waals surface area contributed by atoms with Gasteiger partial charge in [-0.05, 0) is 18.2 Å². The zero-order valence-corrected chi connectivity index (χ0v) is 11.9. The highest BCUT2D eigenvalue weighted by molar-refractivity contribution is 7.18. The Morgan fingerprint density at radius 2 is 2.11 bits per heavy atom. The summed E-state index contributed by atoms with van der Waals surface area (Å²) in [7, 11) is 2.01. The van der Waals surface area contributed by atoms with E-state index in [0.717, 1.165) is 22.8 Å². The SMILES string of the molecule is CN(Cc1nc2ccccc2s1)c1ccncc1Cl. The van der Waals surface area contributed by atoms with Gasteiger partial charge in [-0.3, -0.25) is 4.98 Å². The molecule has 1 aromatic carbocycles. The van der Waals surface area contributed by atoms with E-state index in [0.29, 0.717) is 5.02 Å². The maximum Gasteiger partial charge on any atom is 0.113 e. The van der Waals surface area contributed by atoms with Crippen molar-refractivity contribution < 1.29 is 0 Å². The molecule has 0 bridgehead atoms. The number of rotatable bonds is 3. The van der Waals surface area contributed by atoms with E-state index in [1.807, 2.05) is 31.3 Å². The van der Waals surface area contributed by atoms with Gasteiger partial charge in [-0.25, -0.2) is 4.98 Å². The first-order valence-corrected chi connectivity index (χ1v) is 7.08. The van der Waals surface area contributed by atoms with E-state index in [9.17, 15) is 0 Å². The van der Waals surface area contributed by atoms with Crippen molar-refractivity contribution in [3.05, 3.63) is 52.8 Å². The summed E-state index contributed by atoms with van der Waals surface area (Å²) in [6.45, 7) is 0.739. The summed E-state index contributed by atoms with van der Waals surface area (Å²) in [5.74, 6) is 0. The second kappa shape index (κ2) is 5.15. The number of fused-ring (bicyclic) bond motifs is 1. The molecule has 0 fully saturated rings. The molecule has 0 aliphatic carbocycles. The highest BCUT2D eigenvalue weighted by atomic mass is 35.5. The summed E-state index contributed by atoms with van der Waals surface area (Å²) in [5, 5.41) is 1.74. The fraction of sp³-hybridized carbons (Fsp3) is 0.143. The number of aromatic nitrogens is 2. The minimum Gasteiger partial charge on any atom is -0.367 e. The zero-order valence-electron chi connectivity index (χ0n) is 10.4. The van der Waals surface area contributed by atoms with Gasteiger partial charge >= 0.3 is 0 Å². The van der Waals surface area contributed by atoms with Crippen LogP contribution in [0.2, 0.25) is 5.02 Å². The maximum absolute atomic E-state index is 6.14. The van der Waals surface area contributed by atoms with Crippen LogP contribution >= 0.6 is 22.9 Å². The Hall–Kier alpha value is -1.65. The largest absolute Gasteiger partial charge is 0.367 e. The second-order valence-electron chi connectivity index (χ2n) is 4.26. The van der Waals surface area contributed by atoms with Crippen molar-refractivity contribution in [2.75, 3.05) is 11.9 Å². The van der Waals surface area contributed by atoms with Gasteiger partial charge in [-0.1, -0.05) is 23.7 Å². The highest BCUT2D eigenvalue weighted by Crippen LogP contribution is 2.27. The summed E-state index contributed by atoms with van der Waals surface area (Å²) < 4.78 is 1.21. The van der Waals surface area contributed by atoms with E-state index >= 15 is 0 Å². The van der Waals surface area contributed by atoms with Gasteiger partial charge in [-0.15, -0.1) is 11.3 Å². The number of halogens is 1. The average Bonchev–Trinajstić information content (AvgIpc) is 2.81. The summed E-state index contributed by atoms with van der Waals surface area (Å²) >= 11 is 7.86. The molecule has 0 N–H and O–H groups in total. The molecule has 19 heavy (non-hydrogen) atoms. The van der Waals surface area contributed by atoms with E-state index in [1.54, 1.807) is 23.7 Å². The van der Waals surface area contributed by atoms with Crippen molar-refractivity contribution in [2.45, 2.75) is 6.54 Å². The molecule has 0 atom stereocenters. The molecule has 0 spiro atoms. The Morgan fingerprint density at radius 1 is 1.26 bits per heavy atom. The van der Waals surface area contributed by atoms with Crippen LogP contribution in [0.3, 0.4) is 0 Å². The number of benzene rings is 1. The smallest absolute Gasteiger partial charge is 0.113 e. The number of nitrogens with zero attached hydrogens (tertiary/aromatic N) is 3. The second-order valence-corrected chi connectivity index (χ2v) is 5.78. The number of hydrogen-bond donors (Lipinski definition) is 0. The molecular formula is C14H12ClN3S. The molecule has 0 radical (unpaired) electrons. The third-order valence-electron chi connectivity index (χ3n) is 2.87. The van der Waals surface area contributed by atoms with Crippen LogP contribution in [0.15, 0.2) is 42.7 Å². The molecule has 0 saturated heterocycles. The number of hydrogen-bond acceptors (Lipinski definition) is 4. The molecule has 3 aromatic rings. The first-order valence-electron chi connectivity index (χ1n) is 5.89. The van der Waals surface area contributed by atoms with E-state index in [1.165, 1.54) is 4.70 Å². The van der Waals surface area contributed by atoms with Crippen LogP contribution in [0.5, 0.6) is 0 Å². The third-order valence-corrected chi connectivity index (χ3v) is 4.19.